The van der Waals surface area contributed by atoms with Gasteiger partial charge in [0, 0.05) is 7.11 Å². The number of rotatable bonds is 14. The third kappa shape index (κ3) is 9.17. The van der Waals surface area contributed by atoms with E-state index in [1.807, 2.05) is 0 Å². The normalized spacial score (nSPS) is 10.0. The van der Waals surface area contributed by atoms with Crippen molar-refractivity contribution >= 4 is 17.9 Å². The van der Waals surface area contributed by atoms with Crippen LogP contribution in [0.4, 0.5) is 0 Å². The molecule has 0 atom stereocenters. The Labute approximate surface area is 197 Å². The summed E-state index contributed by atoms with van der Waals surface area (Å²) in [5.74, 6) is -0.179. The van der Waals surface area contributed by atoms with Crippen molar-refractivity contribution in [2.75, 3.05) is 33.5 Å². The average Bonchev–Trinajstić information content (AvgIpc) is 2.83. The van der Waals surface area contributed by atoms with Gasteiger partial charge in [-0.3, -0.25) is 4.79 Å². The van der Waals surface area contributed by atoms with Crippen molar-refractivity contribution in [3.05, 3.63) is 79.1 Å². The molecule has 0 radical (unpaired) electrons. The maximum Gasteiger partial charge on any atom is 0.343 e. The highest BCUT2D eigenvalue weighted by atomic mass is 16.6. The molecule has 0 bridgehead atoms. The van der Waals surface area contributed by atoms with Crippen LogP contribution in [0.5, 0.6) is 17.2 Å². The lowest BCUT2D eigenvalue weighted by molar-refractivity contribution is -0.140. The monoisotopic (exact) mass is 470 g/mol. The van der Waals surface area contributed by atoms with Crippen LogP contribution in [0.25, 0.3) is 0 Å². The van der Waals surface area contributed by atoms with Gasteiger partial charge in [0.2, 0.25) is 0 Å². The molecule has 9 heteroatoms. The zero-order valence-corrected chi connectivity index (χ0v) is 18.8. The Kier molecular flexibility index (Phi) is 10.9. The number of methoxy groups -OCH3 is 1. The van der Waals surface area contributed by atoms with E-state index in [4.69, 9.17) is 23.7 Å². The lowest BCUT2D eigenvalue weighted by Crippen LogP contribution is -2.15. The lowest BCUT2D eigenvalue weighted by atomic mass is 10.2. The van der Waals surface area contributed by atoms with Gasteiger partial charge in [0.25, 0.3) is 0 Å². The SMILES string of the molecule is C=COC(=O)CCOc1ccc(C(=O)Oc2ccc(OCCOC(=O)C(=C)COC)cc2)cc1. The number of benzene rings is 2. The number of ether oxygens (including phenoxy) is 6. The van der Waals surface area contributed by atoms with Gasteiger partial charge in [-0.15, -0.1) is 0 Å². The van der Waals surface area contributed by atoms with E-state index < -0.39 is 17.9 Å². The van der Waals surface area contributed by atoms with E-state index in [1.54, 1.807) is 48.5 Å². The molecule has 0 N–H and O–H groups in total. The number of hydrogen-bond donors (Lipinski definition) is 0. The number of hydrogen-bond acceptors (Lipinski definition) is 9. The first-order valence-electron chi connectivity index (χ1n) is 10.2. The van der Waals surface area contributed by atoms with Gasteiger partial charge in [-0.1, -0.05) is 13.2 Å². The van der Waals surface area contributed by atoms with E-state index in [0.29, 0.717) is 22.8 Å². The summed E-state index contributed by atoms with van der Waals surface area (Å²) in [6.07, 6.45) is 1.14. The Hall–Kier alpha value is -4.11. The molecule has 9 nitrogen and oxygen atoms in total. The van der Waals surface area contributed by atoms with Crippen molar-refractivity contribution in [3.63, 3.8) is 0 Å². The van der Waals surface area contributed by atoms with Crippen LogP contribution in [0.2, 0.25) is 0 Å². The highest BCUT2D eigenvalue weighted by Gasteiger charge is 2.10. The molecule has 0 aliphatic rings. The van der Waals surface area contributed by atoms with Gasteiger partial charge in [0.05, 0.1) is 37.0 Å². The molecule has 2 aromatic carbocycles. The zero-order chi connectivity index (χ0) is 24.8. The maximum absolute atomic E-state index is 12.3. The minimum Gasteiger partial charge on any atom is -0.493 e. The Morgan fingerprint density at radius 1 is 0.853 bits per heavy atom. The van der Waals surface area contributed by atoms with Gasteiger partial charge >= 0.3 is 17.9 Å². The van der Waals surface area contributed by atoms with Crippen molar-refractivity contribution < 1.29 is 42.8 Å². The van der Waals surface area contributed by atoms with Crippen molar-refractivity contribution in [3.8, 4) is 17.2 Å². The van der Waals surface area contributed by atoms with Crippen LogP contribution in [0.15, 0.2) is 73.5 Å². The average molecular weight is 470 g/mol. The third-order valence-electron chi connectivity index (χ3n) is 4.11. The van der Waals surface area contributed by atoms with Crippen LogP contribution in [0, 0.1) is 0 Å². The van der Waals surface area contributed by atoms with E-state index in [1.165, 1.54) is 7.11 Å². The van der Waals surface area contributed by atoms with Crippen molar-refractivity contribution in [2.24, 2.45) is 0 Å². The summed E-state index contributed by atoms with van der Waals surface area (Å²) in [4.78, 5) is 35.2. The van der Waals surface area contributed by atoms with E-state index in [0.717, 1.165) is 6.26 Å². The minimum atomic E-state index is -0.544. The van der Waals surface area contributed by atoms with Crippen LogP contribution in [-0.2, 0) is 23.8 Å². The minimum absolute atomic E-state index is 0.0525. The zero-order valence-electron chi connectivity index (χ0n) is 18.8. The van der Waals surface area contributed by atoms with Gasteiger partial charge in [0.15, 0.2) is 0 Å². The molecule has 0 saturated heterocycles. The van der Waals surface area contributed by atoms with E-state index in [2.05, 4.69) is 17.9 Å². The van der Waals surface area contributed by atoms with Gasteiger partial charge in [0.1, 0.15) is 30.5 Å². The quantitative estimate of drug-likeness (QED) is 0.135. The Morgan fingerprint density at radius 3 is 2.06 bits per heavy atom. The highest BCUT2D eigenvalue weighted by Crippen LogP contribution is 2.20. The van der Waals surface area contributed by atoms with Crippen LogP contribution in [-0.4, -0.2) is 51.4 Å². The van der Waals surface area contributed by atoms with Crippen LogP contribution >= 0.6 is 0 Å². The first kappa shape index (κ1) is 26.1. The smallest absolute Gasteiger partial charge is 0.343 e. The fourth-order valence-corrected chi connectivity index (χ4v) is 2.49. The third-order valence-corrected chi connectivity index (χ3v) is 4.11. The first-order chi connectivity index (χ1) is 16.4. The summed E-state index contributed by atoms with van der Waals surface area (Å²) in [6, 6.07) is 12.7. The fraction of sp³-hybridized carbons (Fsp3) is 0.240. The second-order valence-electron chi connectivity index (χ2n) is 6.66. The number of esters is 3. The van der Waals surface area contributed by atoms with Crippen LogP contribution in [0.1, 0.15) is 16.8 Å². The predicted octanol–water partition coefficient (Wildman–Crippen LogP) is 3.49. The number of carbonyl (C=O) groups is 3. The molecule has 2 rings (SSSR count). The van der Waals surface area contributed by atoms with E-state index >= 15 is 0 Å². The summed E-state index contributed by atoms with van der Waals surface area (Å²) < 4.78 is 30.7. The maximum atomic E-state index is 12.3. The summed E-state index contributed by atoms with van der Waals surface area (Å²) in [7, 11) is 1.46. The molecule has 0 saturated carbocycles. The van der Waals surface area contributed by atoms with Crippen molar-refractivity contribution in [2.45, 2.75) is 6.42 Å². The summed E-state index contributed by atoms with van der Waals surface area (Å²) >= 11 is 0. The molecular formula is C25H26O9. The highest BCUT2D eigenvalue weighted by molar-refractivity contribution is 5.91. The Morgan fingerprint density at radius 2 is 1.44 bits per heavy atom. The molecule has 0 amide bonds. The molecule has 2 aromatic rings. The van der Waals surface area contributed by atoms with Crippen LogP contribution in [0.3, 0.4) is 0 Å². The summed E-state index contributed by atoms with van der Waals surface area (Å²) in [5.41, 5.74) is 0.553. The van der Waals surface area contributed by atoms with Crippen molar-refractivity contribution in [1.29, 1.82) is 0 Å². The predicted molar refractivity (Wildman–Crippen MR) is 122 cm³/mol. The molecule has 0 spiro atoms. The molecule has 0 aliphatic carbocycles. The largest absolute Gasteiger partial charge is 0.493 e. The topological polar surface area (TPSA) is 107 Å². The summed E-state index contributed by atoms with van der Waals surface area (Å²) in [5, 5.41) is 0. The van der Waals surface area contributed by atoms with Gasteiger partial charge in [-0.25, -0.2) is 9.59 Å². The standard InChI is InChI=1S/C25H26O9/c1-4-30-23(26)13-14-31-20-7-5-19(6-8-20)25(28)34-22-11-9-21(10-12-22)32-15-16-33-24(27)18(2)17-29-3/h4-12H,1-2,13-17H2,3H3. The fourth-order valence-electron chi connectivity index (χ4n) is 2.49. The second-order valence-corrected chi connectivity index (χ2v) is 6.66. The molecule has 0 aliphatic heterocycles. The molecule has 0 heterocycles. The first-order valence-corrected chi connectivity index (χ1v) is 10.2. The molecule has 0 aromatic heterocycles. The van der Waals surface area contributed by atoms with E-state index in [-0.39, 0.29) is 38.4 Å². The van der Waals surface area contributed by atoms with Gasteiger partial charge in [-0.05, 0) is 48.5 Å². The van der Waals surface area contributed by atoms with Crippen LogP contribution < -0.4 is 14.2 Å². The number of carbonyl (C=O) groups excluding carboxylic acids is 3. The Bertz CT molecular complexity index is 978. The lowest BCUT2D eigenvalue weighted by Gasteiger charge is -2.09. The molecule has 0 unspecified atom stereocenters. The van der Waals surface area contributed by atoms with Gasteiger partial charge < -0.3 is 28.4 Å². The van der Waals surface area contributed by atoms with Crippen molar-refractivity contribution in [1.82, 2.24) is 0 Å². The Balaban J connectivity index is 1.74. The molecular weight excluding hydrogens is 444 g/mol. The van der Waals surface area contributed by atoms with E-state index in [9.17, 15) is 14.4 Å². The van der Waals surface area contributed by atoms with Gasteiger partial charge in [-0.2, -0.15) is 0 Å². The molecule has 0 fully saturated rings. The summed E-state index contributed by atoms with van der Waals surface area (Å²) in [6.45, 7) is 7.30. The second kappa shape index (κ2) is 14.1. The molecule has 34 heavy (non-hydrogen) atoms. The molecule has 180 valence electrons.